The zero-order chi connectivity index (χ0) is 29.2. The fourth-order valence-electron chi connectivity index (χ4n) is 5.44. The molecule has 1 saturated heterocycles. The van der Waals surface area contributed by atoms with E-state index in [1.165, 1.54) is 22.9 Å². The van der Waals surface area contributed by atoms with Crippen LogP contribution in [0.15, 0.2) is 101 Å². The predicted molar refractivity (Wildman–Crippen MR) is 173 cm³/mol. The first-order valence-corrected chi connectivity index (χ1v) is 15.3. The summed E-state index contributed by atoms with van der Waals surface area (Å²) in [4.78, 5) is 34.8. The van der Waals surface area contributed by atoms with E-state index in [0.717, 1.165) is 45.5 Å². The van der Waals surface area contributed by atoms with Crippen molar-refractivity contribution in [3.05, 3.63) is 129 Å². The molecule has 4 aromatic rings. The summed E-state index contributed by atoms with van der Waals surface area (Å²) in [5, 5.41) is 0.720. The number of hydrogen-bond donors (Lipinski definition) is 0. The number of hydrogen-bond acceptors (Lipinski definition) is 4. The number of carbonyl (C=O) groups is 2. The molecular weight excluding hydrogens is 562 g/mol. The molecule has 1 fully saturated rings. The molecule has 2 amide bonds. The minimum atomic E-state index is -0.0154. The smallest absolute Gasteiger partial charge is 0.265 e. The zero-order valence-electron chi connectivity index (χ0n) is 23.7. The van der Waals surface area contributed by atoms with Crippen molar-refractivity contribution >= 4 is 52.6 Å². The number of nitrogens with zero attached hydrogens (tertiary/aromatic N) is 3. The highest BCUT2D eigenvalue weighted by molar-refractivity contribution is 8.04. The number of para-hydroxylation sites is 1. The Morgan fingerprint density at radius 1 is 0.881 bits per heavy atom. The minimum absolute atomic E-state index is 0.0154. The second-order valence-corrected chi connectivity index (χ2v) is 12.3. The number of thioether (sulfide) groups is 1. The van der Waals surface area contributed by atoms with Gasteiger partial charge in [0, 0.05) is 47.3 Å². The lowest BCUT2D eigenvalue weighted by Crippen LogP contribution is -2.48. The maximum atomic E-state index is 13.8. The summed E-state index contributed by atoms with van der Waals surface area (Å²) in [7, 11) is 0. The first-order chi connectivity index (χ1) is 20.4. The van der Waals surface area contributed by atoms with Gasteiger partial charge in [-0.25, -0.2) is 0 Å². The van der Waals surface area contributed by atoms with Crippen molar-refractivity contribution in [1.82, 2.24) is 4.90 Å². The average molecular weight is 594 g/mol. The summed E-state index contributed by atoms with van der Waals surface area (Å²) >= 11 is 7.52. The van der Waals surface area contributed by atoms with E-state index in [0.29, 0.717) is 30.1 Å². The van der Waals surface area contributed by atoms with Crippen LogP contribution < -0.4 is 9.80 Å². The van der Waals surface area contributed by atoms with Gasteiger partial charge in [-0.3, -0.25) is 9.59 Å². The van der Waals surface area contributed by atoms with E-state index in [-0.39, 0.29) is 11.8 Å². The molecule has 0 bridgehead atoms. The van der Waals surface area contributed by atoms with Gasteiger partial charge < -0.3 is 14.7 Å². The molecule has 0 saturated carbocycles. The number of rotatable bonds is 5. The first-order valence-electron chi connectivity index (χ1n) is 14.1. The van der Waals surface area contributed by atoms with Crippen molar-refractivity contribution in [2.75, 3.05) is 36.0 Å². The summed E-state index contributed by atoms with van der Waals surface area (Å²) in [6, 6.07) is 29.8. The predicted octanol–water partition coefficient (Wildman–Crippen LogP) is 7.60. The Balaban J connectivity index is 1.16. The van der Waals surface area contributed by atoms with Gasteiger partial charge in [0.05, 0.1) is 17.1 Å². The van der Waals surface area contributed by atoms with Crippen LogP contribution in [-0.4, -0.2) is 42.9 Å². The van der Waals surface area contributed by atoms with E-state index >= 15 is 0 Å². The molecule has 0 aliphatic carbocycles. The van der Waals surface area contributed by atoms with Gasteiger partial charge in [-0.15, -0.1) is 0 Å². The van der Waals surface area contributed by atoms with E-state index < -0.39 is 0 Å². The van der Waals surface area contributed by atoms with Gasteiger partial charge >= 0.3 is 0 Å². The highest BCUT2D eigenvalue weighted by atomic mass is 35.5. The van der Waals surface area contributed by atoms with Gasteiger partial charge in [0.1, 0.15) is 0 Å². The second-order valence-electron chi connectivity index (χ2n) is 10.8. The molecule has 0 N–H and O–H groups in total. The third kappa shape index (κ3) is 5.96. The Bertz CT molecular complexity index is 1660. The van der Waals surface area contributed by atoms with E-state index in [1.54, 1.807) is 0 Å². The normalized spacial score (nSPS) is 16.1. The molecule has 0 aromatic heterocycles. The van der Waals surface area contributed by atoms with Crippen LogP contribution in [0.3, 0.4) is 0 Å². The SMILES string of the molecule is Cc1ccc(C)c(CN2C(=O)C(=Cc3ccc(C(=O)N4CCN(c5ccc(Cl)cc5)CC4)cc3)Sc3ccccc32)c1. The first kappa shape index (κ1) is 28.1. The Hall–Kier alpha value is -4.00. The van der Waals surface area contributed by atoms with Gasteiger partial charge in [0.2, 0.25) is 0 Å². The van der Waals surface area contributed by atoms with Crippen molar-refractivity contribution in [2.45, 2.75) is 25.3 Å². The van der Waals surface area contributed by atoms with Crippen molar-refractivity contribution in [1.29, 1.82) is 0 Å². The van der Waals surface area contributed by atoms with Crippen molar-refractivity contribution in [2.24, 2.45) is 0 Å². The molecule has 212 valence electrons. The third-order valence-electron chi connectivity index (χ3n) is 7.88. The highest BCUT2D eigenvalue weighted by Gasteiger charge is 2.29. The molecule has 6 rings (SSSR count). The van der Waals surface area contributed by atoms with Crippen LogP contribution in [-0.2, 0) is 11.3 Å². The molecule has 5 nitrogen and oxygen atoms in total. The van der Waals surface area contributed by atoms with E-state index in [2.05, 4.69) is 43.0 Å². The molecule has 2 heterocycles. The molecule has 2 aliphatic rings. The quantitative estimate of drug-likeness (QED) is 0.224. The molecule has 2 aliphatic heterocycles. The number of anilines is 2. The summed E-state index contributed by atoms with van der Waals surface area (Å²) in [5.74, 6) is 0.0139. The molecule has 0 atom stereocenters. The zero-order valence-corrected chi connectivity index (χ0v) is 25.3. The van der Waals surface area contributed by atoms with Crippen LogP contribution in [0.5, 0.6) is 0 Å². The summed E-state index contributed by atoms with van der Waals surface area (Å²) in [6.07, 6.45) is 1.93. The van der Waals surface area contributed by atoms with Gasteiger partial charge in [-0.1, -0.05) is 71.4 Å². The van der Waals surface area contributed by atoms with Gasteiger partial charge in [0.25, 0.3) is 11.8 Å². The fraction of sp³-hybridized carbons (Fsp3) is 0.200. The van der Waals surface area contributed by atoms with Crippen LogP contribution in [0.4, 0.5) is 11.4 Å². The van der Waals surface area contributed by atoms with Crippen molar-refractivity contribution < 1.29 is 9.59 Å². The number of piperazine rings is 1. The Labute approximate surface area is 256 Å². The summed E-state index contributed by atoms with van der Waals surface area (Å²) < 4.78 is 0. The average Bonchev–Trinajstić information content (AvgIpc) is 3.01. The fourth-order valence-corrected chi connectivity index (χ4v) is 6.62. The molecule has 0 radical (unpaired) electrons. The lowest BCUT2D eigenvalue weighted by atomic mass is 10.0. The van der Waals surface area contributed by atoms with Crippen LogP contribution in [0.1, 0.15) is 32.6 Å². The number of benzene rings is 4. The monoisotopic (exact) mass is 593 g/mol. The molecule has 0 unspecified atom stereocenters. The summed E-state index contributed by atoms with van der Waals surface area (Å²) in [6.45, 7) is 7.55. The number of carbonyl (C=O) groups excluding carboxylic acids is 2. The number of aryl methyl sites for hydroxylation is 2. The van der Waals surface area contributed by atoms with Crippen LogP contribution in [0.2, 0.25) is 5.02 Å². The van der Waals surface area contributed by atoms with Crippen molar-refractivity contribution in [3.8, 4) is 0 Å². The molecular formula is C35H32ClN3O2S. The molecule has 42 heavy (non-hydrogen) atoms. The maximum absolute atomic E-state index is 13.8. The number of fused-ring (bicyclic) bond motifs is 1. The van der Waals surface area contributed by atoms with Gasteiger partial charge in [0.15, 0.2) is 0 Å². The number of halogens is 1. The van der Waals surface area contributed by atoms with E-state index in [9.17, 15) is 9.59 Å². The largest absolute Gasteiger partial charge is 0.368 e. The Kier molecular flexibility index (Phi) is 8.09. The lowest BCUT2D eigenvalue weighted by Gasteiger charge is -2.36. The van der Waals surface area contributed by atoms with Gasteiger partial charge in [-0.05, 0) is 85.1 Å². The Morgan fingerprint density at radius 2 is 1.60 bits per heavy atom. The maximum Gasteiger partial charge on any atom is 0.265 e. The van der Waals surface area contributed by atoms with Gasteiger partial charge in [-0.2, -0.15) is 0 Å². The molecule has 0 spiro atoms. The van der Waals surface area contributed by atoms with E-state index in [1.807, 2.05) is 82.6 Å². The molecule has 7 heteroatoms. The lowest BCUT2D eigenvalue weighted by molar-refractivity contribution is -0.114. The highest BCUT2D eigenvalue weighted by Crippen LogP contribution is 2.42. The van der Waals surface area contributed by atoms with Crippen LogP contribution in [0, 0.1) is 13.8 Å². The topological polar surface area (TPSA) is 43.9 Å². The molecule has 4 aromatic carbocycles. The van der Waals surface area contributed by atoms with Crippen LogP contribution >= 0.6 is 23.4 Å². The van der Waals surface area contributed by atoms with E-state index in [4.69, 9.17) is 11.6 Å². The summed E-state index contributed by atoms with van der Waals surface area (Å²) in [5.41, 5.74) is 7.08. The Morgan fingerprint density at radius 3 is 2.33 bits per heavy atom. The van der Waals surface area contributed by atoms with Crippen LogP contribution in [0.25, 0.3) is 6.08 Å². The van der Waals surface area contributed by atoms with Crippen molar-refractivity contribution in [3.63, 3.8) is 0 Å². The minimum Gasteiger partial charge on any atom is -0.368 e. The standard InChI is InChI=1S/C35H32ClN3O2S/c1-24-7-8-25(2)28(21-24)23-39-31-5-3-4-6-32(31)42-33(35(39)41)22-26-9-11-27(12-10-26)34(40)38-19-17-37(18-20-38)30-15-13-29(36)14-16-30/h3-16,21-22H,17-20,23H2,1-2H3. The third-order valence-corrected chi connectivity index (χ3v) is 9.21. The number of amides is 2. The second kappa shape index (κ2) is 12.1.